The second-order valence-corrected chi connectivity index (χ2v) is 10.2. The summed E-state index contributed by atoms with van der Waals surface area (Å²) in [6.45, 7) is 9.51. The summed E-state index contributed by atoms with van der Waals surface area (Å²) < 4.78 is 11.9. The number of carbonyl (C=O) groups excluding carboxylic acids is 5. The lowest BCUT2D eigenvalue weighted by molar-refractivity contribution is -0.143. The molecule has 2 aliphatic carbocycles. The van der Waals surface area contributed by atoms with Crippen LogP contribution in [0, 0.1) is 13.8 Å². The van der Waals surface area contributed by atoms with E-state index in [1.165, 1.54) is 13.0 Å². The third kappa shape index (κ3) is 3.09. The van der Waals surface area contributed by atoms with Crippen molar-refractivity contribution < 1.29 is 33.4 Å². The van der Waals surface area contributed by atoms with Crippen LogP contribution in [0.2, 0.25) is 0 Å². The van der Waals surface area contributed by atoms with E-state index >= 15 is 0 Å². The molecule has 0 saturated heterocycles. The zero-order chi connectivity index (χ0) is 27.0. The van der Waals surface area contributed by atoms with Gasteiger partial charge in [0.05, 0.1) is 0 Å². The third-order valence-electron chi connectivity index (χ3n) is 7.97. The Labute approximate surface area is 214 Å². The number of ether oxygens (including phenoxy) is 2. The third-order valence-corrected chi connectivity index (χ3v) is 7.97. The molecule has 0 bridgehead atoms. The van der Waals surface area contributed by atoms with Crippen LogP contribution in [-0.2, 0) is 19.8 Å². The van der Waals surface area contributed by atoms with Crippen LogP contribution in [0.3, 0.4) is 0 Å². The molecule has 37 heavy (non-hydrogen) atoms. The lowest BCUT2D eigenvalue weighted by atomic mass is 9.58. The SMILES string of the molecule is CC(=O)Oc1c(C)cc2c(c1C)[C@@]1(C)C(=O)C(C)=CC(=O)[C@@]1(CC1=C(C)C(=O)c3ccccc3C1=O)O2. The van der Waals surface area contributed by atoms with E-state index in [9.17, 15) is 24.0 Å². The maximum atomic E-state index is 13.9. The quantitative estimate of drug-likeness (QED) is 0.453. The summed E-state index contributed by atoms with van der Waals surface area (Å²) in [5, 5.41) is 0. The summed E-state index contributed by atoms with van der Waals surface area (Å²) in [6, 6.07) is 8.20. The molecule has 0 saturated carbocycles. The van der Waals surface area contributed by atoms with Crippen molar-refractivity contribution in [2.75, 3.05) is 0 Å². The summed E-state index contributed by atoms with van der Waals surface area (Å²) in [6.07, 6.45) is 0.989. The molecule has 1 heterocycles. The van der Waals surface area contributed by atoms with E-state index < -0.39 is 22.8 Å². The first-order chi connectivity index (χ1) is 17.3. The summed E-state index contributed by atoms with van der Waals surface area (Å²) in [7, 11) is 0. The summed E-state index contributed by atoms with van der Waals surface area (Å²) in [4.78, 5) is 66.4. The van der Waals surface area contributed by atoms with Gasteiger partial charge in [-0.3, -0.25) is 24.0 Å². The fourth-order valence-electron chi connectivity index (χ4n) is 6.10. The van der Waals surface area contributed by atoms with E-state index in [-0.39, 0.29) is 46.1 Å². The smallest absolute Gasteiger partial charge is 0.308 e. The van der Waals surface area contributed by atoms with Gasteiger partial charge in [-0.15, -0.1) is 0 Å². The van der Waals surface area contributed by atoms with Crippen LogP contribution in [0.25, 0.3) is 0 Å². The Morgan fingerprint density at radius 2 is 1.59 bits per heavy atom. The van der Waals surface area contributed by atoms with Crippen molar-refractivity contribution in [3.63, 3.8) is 0 Å². The van der Waals surface area contributed by atoms with E-state index in [4.69, 9.17) is 9.47 Å². The van der Waals surface area contributed by atoms with Crippen molar-refractivity contribution >= 4 is 29.1 Å². The van der Waals surface area contributed by atoms with Gasteiger partial charge in [0.15, 0.2) is 23.0 Å². The van der Waals surface area contributed by atoms with Crippen molar-refractivity contribution in [1.29, 1.82) is 0 Å². The number of allylic oxidation sites excluding steroid dienone is 2. The molecule has 7 nitrogen and oxygen atoms in total. The van der Waals surface area contributed by atoms with Crippen molar-refractivity contribution in [2.24, 2.45) is 0 Å². The topological polar surface area (TPSA) is 104 Å². The molecule has 7 heteroatoms. The van der Waals surface area contributed by atoms with Crippen molar-refractivity contribution in [1.82, 2.24) is 0 Å². The lowest BCUT2D eigenvalue weighted by Gasteiger charge is -2.43. The van der Waals surface area contributed by atoms with Crippen molar-refractivity contribution in [2.45, 2.75) is 59.0 Å². The number of esters is 1. The first-order valence-corrected chi connectivity index (χ1v) is 12.0. The predicted molar refractivity (Wildman–Crippen MR) is 134 cm³/mol. The van der Waals surface area contributed by atoms with Gasteiger partial charge in [-0.25, -0.2) is 0 Å². The van der Waals surface area contributed by atoms with Crippen LogP contribution < -0.4 is 9.47 Å². The molecule has 2 atom stereocenters. The highest BCUT2D eigenvalue weighted by Crippen LogP contribution is 2.58. The maximum absolute atomic E-state index is 13.9. The van der Waals surface area contributed by atoms with Gasteiger partial charge in [0.1, 0.15) is 16.9 Å². The largest absolute Gasteiger partial charge is 0.477 e. The Bertz CT molecular complexity index is 1550. The zero-order valence-corrected chi connectivity index (χ0v) is 21.5. The molecule has 0 aromatic heterocycles. The monoisotopic (exact) mass is 498 g/mol. The minimum atomic E-state index is -1.79. The fraction of sp³-hybridized carbons (Fsp3) is 0.300. The van der Waals surface area contributed by atoms with Gasteiger partial charge >= 0.3 is 5.97 Å². The second kappa shape index (κ2) is 7.93. The number of hydrogen-bond acceptors (Lipinski definition) is 7. The molecule has 5 rings (SSSR count). The Balaban J connectivity index is 1.75. The van der Waals surface area contributed by atoms with E-state index in [1.54, 1.807) is 65.0 Å². The van der Waals surface area contributed by atoms with Crippen LogP contribution in [0.5, 0.6) is 11.5 Å². The summed E-state index contributed by atoms with van der Waals surface area (Å²) in [5.74, 6) is -1.38. The van der Waals surface area contributed by atoms with Crippen LogP contribution >= 0.6 is 0 Å². The highest BCUT2D eigenvalue weighted by molar-refractivity contribution is 6.27. The first kappa shape index (κ1) is 24.6. The van der Waals surface area contributed by atoms with Gasteiger partial charge in [0, 0.05) is 46.7 Å². The normalized spacial score (nSPS) is 24.3. The molecule has 2 aromatic rings. The van der Waals surface area contributed by atoms with Crippen molar-refractivity contribution in [3.8, 4) is 11.5 Å². The van der Waals surface area contributed by atoms with Gasteiger partial charge in [0.25, 0.3) is 0 Å². The Morgan fingerprint density at radius 1 is 0.973 bits per heavy atom. The molecule has 1 aliphatic heterocycles. The molecular weight excluding hydrogens is 472 g/mol. The van der Waals surface area contributed by atoms with Gasteiger partial charge < -0.3 is 9.47 Å². The lowest BCUT2D eigenvalue weighted by Crippen LogP contribution is -2.62. The number of Topliss-reactive ketones (excluding diaryl/α,β-unsaturated/α-hetero) is 3. The first-order valence-electron chi connectivity index (χ1n) is 12.0. The molecule has 0 unspecified atom stereocenters. The van der Waals surface area contributed by atoms with E-state index in [2.05, 4.69) is 0 Å². The fourth-order valence-corrected chi connectivity index (χ4v) is 6.10. The average molecular weight is 499 g/mol. The minimum absolute atomic E-state index is 0.145. The van der Waals surface area contributed by atoms with Crippen LogP contribution in [0.1, 0.15) is 71.5 Å². The number of aryl methyl sites for hydroxylation is 1. The average Bonchev–Trinajstić information content (AvgIpc) is 3.11. The number of ketones is 4. The zero-order valence-electron chi connectivity index (χ0n) is 21.5. The number of rotatable bonds is 3. The number of carbonyl (C=O) groups is 5. The predicted octanol–water partition coefficient (Wildman–Crippen LogP) is 4.50. The van der Waals surface area contributed by atoms with Crippen LogP contribution in [0.4, 0.5) is 0 Å². The van der Waals surface area contributed by atoms with E-state index in [1.807, 2.05) is 0 Å². The van der Waals surface area contributed by atoms with Gasteiger partial charge in [0.2, 0.25) is 5.78 Å². The molecule has 0 amide bonds. The number of benzene rings is 2. The Kier molecular flexibility index (Phi) is 5.27. The van der Waals surface area contributed by atoms with Gasteiger partial charge in [-0.05, 0) is 57.9 Å². The molecule has 0 fully saturated rings. The van der Waals surface area contributed by atoms with Gasteiger partial charge in [-0.1, -0.05) is 24.3 Å². The minimum Gasteiger partial charge on any atom is -0.477 e. The summed E-state index contributed by atoms with van der Waals surface area (Å²) >= 11 is 0. The molecule has 3 aliphatic rings. The number of hydrogen-bond donors (Lipinski definition) is 0. The summed E-state index contributed by atoms with van der Waals surface area (Å²) in [5.41, 5.74) is -0.587. The molecule has 0 spiro atoms. The standard InChI is InChI=1S/C30H26O7/c1-14-11-22-24(17(4)27(14)36-18(5)31)29(6)28(35)15(2)12-23(32)30(29,37-22)13-21-16(3)25(33)19-9-7-8-10-20(19)26(21)34/h7-12H,13H2,1-6H3/t29-,30+/m0/s1. The highest BCUT2D eigenvalue weighted by atomic mass is 16.5. The Morgan fingerprint density at radius 3 is 2.22 bits per heavy atom. The number of fused-ring (bicyclic) bond motifs is 4. The highest BCUT2D eigenvalue weighted by Gasteiger charge is 2.68. The maximum Gasteiger partial charge on any atom is 0.308 e. The molecular formula is C30H26O7. The molecule has 0 N–H and O–H groups in total. The Hall–Kier alpha value is -4.13. The van der Waals surface area contributed by atoms with Crippen LogP contribution in [0.15, 0.2) is 53.1 Å². The molecule has 2 aromatic carbocycles. The molecule has 0 radical (unpaired) electrons. The van der Waals surface area contributed by atoms with Crippen LogP contribution in [-0.4, -0.2) is 34.7 Å². The van der Waals surface area contributed by atoms with E-state index in [0.717, 1.165) is 0 Å². The van der Waals surface area contributed by atoms with E-state index in [0.29, 0.717) is 33.8 Å². The second-order valence-electron chi connectivity index (χ2n) is 10.2. The van der Waals surface area contributed by atoms with Crippen molar-refractivity contribution in [3.05, 3.63) is 80.9 Å². The van der Waals surface area contributed by atoms with Gasteiger partial charge in [-0.2, -0.15) is 0 Å². The molecule has 188 valence electrons.